The Kier molecular flexibility index (Phi) is 3.51. The smallest absolute Gasteiger partial charge is 0.0638 e. The molecule has 0 aromatic carbocycles. The summed E-state index contributed by atoms with van der Waals surface area (Å²) in [5, 5.41) is 17.5. The van der Waals surface area contributed by atoms with Crippen LogP contribution in [0.5, 0.6) is 0 Å². The van der Waals surface area contributed by atoms with E-state index < -0.39 is 0 Å². The maximum atomic E-state index is 9.03. The lowest BCUT2D eigenvalue weighted by molar-refractivity contribution is 0.127. The number of hydrogen-bond acceptors (Lipinski definition) is 3. The lowest BCUT2D eigenvalue weighted by Gasteiger charge is -2.27. The summed E-state index contributed by atoms with van der Waals surface area (Å²) in [6.07, 6.45) is 2.80. The van der Waals surface area contributed by atoms with E-state index in [9.17, 15) is 0 Å². The largest absolute Gasteiger partial charge is 0.395 e. The molecule has 0 aromatic heterocycles. The van der Waals surface area contributed by atoms with Gasteiger partial charge in [0.25, 0.3) is 0 Å². The van der Waals surface area contributed by atoms with Gasteiger partial charge in [-0.3, -0.25) is 4.90 Å². The second kappa shape index (κ2) is 4.44. The monoisotopic (exact) mass is 168 g/mol. The quantitative estimate of drug-likeness (QED) is 0.676. The minimum atomic E-state index is 0.232. The molecular formula is C9H16N2O. The minimum Gasteiger partial charge on any atom is -0.395 e. The molecule has 1 fully saturated rings. The molecular weight excluding hydrogens is 152 g/mol. The van der Waals surface area contributed by atoms with E-state index in [1.54, 1.807) is 0 Å². The lowest BCUT2D eigenvalue weighted by atomic mass is 10.2. The van der Waals surface area contributed by atoms with E-state index in [2.05, 4.69) is 17.9 Å². The van der Waals surface area contributed by atoms with E-state index >= 15 is 0 Å². The van der Waals surface area contributed by atoms with Crippen LogP contribution in [0.4, 0.5) is 0 Å². The third kappa shape index (κ3) is 1.96. The third-order valence-corrected chi connectivity index (χ3v) is 2.59. The van der Waals surface area contributed by atoms with Crippen molar-refractivity contribution in [3.8, 4) is 6.07 Å². The molecule has 1 aliphatic rings. The van der Waals surface area contributed by atoms with Gasteiger partial charge in [-0.25, -0.2) is 0 Å². The molecule has 0 aliphatic carbocycles. The van der Waals surface area contributed by atoms with E-state index in [4.69, 9.17) is 10.4 Å². The second-order valence-corrected chi connectivity index (χ2v) is 3.43. The van der Waals surface area contributed by atoms with Crippen molar-refractivity contribution in [1.82, 2.24) is 4.90 Å². The van der Waals surface area contributed by atoms with Crippen LogP contribution in [0.15, 0.2) is 0 Å². The Bertz CT molecular complexity index is 176. The molecule has 3 nitrogen and oxygen atoms in total. The normalized spacial score (nSPS) is 26.9. The van der Waals surface area contributed by atoms with Crippen molar-refractivity contribution in [2.45, 2.75) is 38.3 Å². The maximum absolute atomic E-state index is 9.03. The first-order valence-electron chi connectivity index (χ1n) is 4.53. The molecule has 1 unspecified atom stereocenters. The Morgan fingerprint density at radius 3 is 3.08 bits per heavy atom. The van der Waals surface area contributed by atoms with E-state index in [0.717, 1.165) is 19.4 Å². The van der Waals surface area contributed by atoms with Crippen molar-refractivity contribution >= 4 is 0 Å². The van der Waals surface area contributed by atoms with Crippen molar-refractivity contribution < 1.29 is 5.11 Å². The molecule has 0 bridgehead atoms. The SMILES string of the molecule is CC(CC#N)N1CCC[C@H]1CO. The zero-order chi connectivity index (χ0) is 8.97. The van der Waals surface area contributed by atoms with E-state index in [1.165, 1.54) is 0 Å². The van der Waals surface area contributed by atoms with Crippen LogP contribution >= 0.6 is 0 Å². The summed E-state index contributed by atoms with van der Waals surface area (Å²) < 4.78 is 0. The molecule has 1 saturated heterocycles. The summed E-state index contributed by atoms with van der Waals surface area (Å²) in [6.45, 7) is 3.32. The lowest BCUT2D eigenvalue weighted by Crippen LogP contribution is -2.39. The highest BCUT2D eigenvalue weighted by Gasteiger charge is 2.27. The van der Waals surface area contributed by atoms with Gasteiger partial charge in [-0.15, -0.1) is 0 Å². The Hall–Kier alpha value is -0.590. The molecule has 0 amide bonds. The topological polar surface area (TPSA) is 47.3 Å². The van der Waals surface area contributed by atoms with Gasteiger partial charge in [0.2, 0.25) is 0 Å². The zero-order valence-corrected chi connectivity index (χ0v) is 7.53. The minimum absolute atomic E-state index is 0.232. The number of aliphatic hydroxyl groups excluding tert-OH is 1. The number of nitriles is 1. The third-order valence-electron chi connectivity index (χ3n) is 2.59. The molecule has 1 rings (SSSR count). The van der Waals surface area contributed by atoms with Crippen LogP contribution in [0.3, 0.4) is 0 Å². The molecule has 2 atom stereocenters. The molecule has 3 heteroatoms. The summed E-state index contributed by atoms with van der Waals surface area (Å²) in [7, 11) is 0. The molecule has 1 aliphatic heterocycles. The van der Waals surface area contributed by atoms with Crippen molar-refractivity contribution in [3.05, 3.63) is 0 Å². The maximum Gasteiger partial charge on any atom is 0.0638 e. The molecule has 0 radical (unpaired) electrons. The summed E-state index contributed by atoms with van der Waals surface area (Å²) in [4.78, 5) is 2.24. The average Bonchev–Trinajstić information content (AvgIpc) is 2.51. The van der Waals surface area contributed by atoms with Gasteiger partial charge in [-0.2, -0.15) is 5.26 Å². The van der Waals surface area contributed by atoms with E-state index in [-0.39, 0.29) is 6.61 Å². The molecule has 0 saturated carbocycles. The van der Waals surface area contributed by atoms with Crippen LogP contribution in [-0.4, -0.2) is 35.2 Å². The highest BCUT2D eigenvalue weighted by atomic mass is 16.3. The van der Waals surface area contributed by atoms with Crippen LogP contribution in [0.2, 0.25) is 0 Å². The number of likely N-dealkylation sites (tertiary alicyclic amines) is 1. The second-order valence-electron chi connectivity index (χ2n) is 3.43. The number of rotatable bonds is 3. The summed E-state index contributed by atoms with van der Waals surface area (Å²) in [6, 6.07) is 2.77. The molecule has 68 valence electrons. The number of hydrogen-bond donors (Lipinski definition) is 1. The van der Waals surface area contributed by atoms with Crippen LogP contribution < -0.4 is 0 Å². The van der Waals surface area contributed by atoms with Gasteiger partial charge in [0, 0.05) is 12.1 Å². The first kappa shape index (κ1) is 9.50. The molecule has 1 heterocycles. The fraction of sp³-hybridized carbons (Fsp3) is 0.889. The van der Waals surface area contributed by atoms with Crippen molar-refractivity contribution in [1.29, 1.82) is 5.26 Å². The van der Waals surface area contributed by atoms with Gasteiger partial charge in [0.15, 0.2) is 0 Å². The zero-order valence-electron chi connectivity index (χ0n) is 7.53. The van der Waals surface area contributed by atoms with Crippen LogP contribution in [0.1, 0.15) is 26.2 Å². The highest BCUT2D eigenvalue weighted by molar-refractivity contribution is 4.87. The van der Waals surface area contributed by atoms with Crippen molar-refractivity contribution in [2.75, 3.05) is 13.2 Å². The first-order valence-corrected chi connectivity index (χ1v) is 4.53. The van der Waals surface area contributed by atoms with E-state index in [0.29, 0.717) is 18.5 Å². The molecule has 12 heavy (non-hydrogen) atoms. The van der Waals surface area contributed by atoms with Gasteiger partial charge in [-0.1, -0.05) is 0 Å². The van der Waals surface area contributed by atoms with Gasteiger partial charge >= 0.3 is 0 Å². The highest BCUT2D eigenvalue weighted by Crippen LogP contribution is 2.20. The predicted molar refractivity (Wildman–Crippen MR) is 46.5 cm³/mol. The Morgan fingerprint density at radius 2 is 2.50 bits per heavy atom. The first-order chi connectivity index (χ1) is 5.79. The summed E-state index contributed by atoms with van der Waals surface area (Å²) in [5.41, 5.74) is 0. The van der Waals surface area contributed by atoms with Gasteiger partial charge < -0.3 is 5.11 Å². The Morgan fingerprint density at radius 1 is 1.75 bits per heavy atom. The van der Waals surface area contributed by atoms with Crippen LogP contribution in [0.25, 0.3) is 0 Å². The fourth-order valence-electron chi connectivity index (χ4n) is 1.88. The van der Waals surface area contributed by atoms with Crippen LogP contribution in [0, 0.1) is 11.3 Å². The van der Waals surface area contributed by atoms with Gasteiger partial charge in [-0.05, 0) is 26.3 Å². The van der Waals surface area contributed by atoms with Crippen molar-refractivity contribution in [2.24, 2.45) is 0 Å². The van der Waals surface area contributed by atoms with Gasteiger partial charge in [0.1, 0.15) is 0 Å². The molecule has 0 spiro atoms. The Labute approximate surface area is 73.6 Å². The summed E-state index contributed by atoms with van der Waals surface area (Å²) >= 11 is 0. The van der Waals surface area contributed by atoms with Crippen molar-refractivity contribution in [3.63, 3.8) is 0 Å². The fourth-order valence-corrected chi connectivity index (χ4v) is 1.88. The Balaban J connectivity index is 2.44. The predicted octanol–water partition coefficient (Wildman–Crippen LogP) is 0.745. The summed E-state index contributed by atoms with van der Waals surface area (Å²) in [5.74, 6) is 0. The standard InChI is InChI=1S/C9H16N2O/c1-8(4-5-10)11-6-2-3-9(11)7-12/h8-9,12H,2-4,6-7H2,1H3/t8?,9-/m0/s1. The van der Waals surface area contributed by atoms with Crippen LogP contribution in [-0.2, 0) is 0 Å². The molecule has 1 N–H and O–H groups in total. The average molecular weight is 168 g/mol. The molecule has 0 aromatic rings. The van der Waals surface area contributed by atoms with E-state index in [1.807, 2.05) is 0 Å². The van der Waals surface area contributed by atoms with Gasteiger partial charge in [0.05, 0.1) is 19.1 Å². The number of aliphatic hydroxyl groups is 1. The number of nitrogens with zero attached hydrogens (tertiary/aromatic N) is 2.